The van der Waals surface area contributed by atoms with Crippen LogP contribution < -0.4 is 20.5 Å². The maximum Gasteiger partial charge on any atom is 0.224 e. The maximum absolute atomic E-state index is 11.8. The Balaban J connectivity index is 2.57. The van der Waals surface area contributed by atoms with Gasteiger partial charge in [-0.25, -0.2) is 0 Å². The van der Waals surface area contributed by atoms with E-state index in [1.807, 2.05) is 13.8 Å². The van der Waals surface area contributed by atoms with Gasteiger partial charge in [-0.1, -0.05) is 0 Å². The number of anilines is 1. The summed E-state index contributed by atoms with van der Waals surface area (Å²) in [5, 5.41) is 2.84. The molecule has 0 heterocycles. The minimum Gasteiger partial charge on any atom is -0.493 e. The predicted molar refractivity (Wildman–Crippen MR) is 80.3 cm³/mol. The number of carbonyl (C=O) groups is 1. The summed E-state index contributed by atoms with van der Waals surface area (Å²) in [6.45, 7) is 4.42. The minimum atomic E-state index is -0.0168. The Bertz CT molecular complexity index is 433. The van der Waals surface area contributed by atoms with E-state index in [9.17, 15) is 4.79 Å². The zero-order valence-electron chi connectivity index (χ0n) is 12.4. The molecule has 112 valence electrons. The molecule has 0 bridgehead atoms. The van der Waals surface area contributed by atoms with E-state index in [0.29, 0.717) is 30.2 Å². The summed E-state index contributed by atoms with van der Waals surface area (Å²) >= 11 is 0. The van der Waals surface area contributed by atoms with Crippen molar-refractivity contribution in [1.29, 1.82) is 0 Å². The van der Waals surface area contributed by atoms with Crippen LogP contribution in [0, 0.1) is 0 Å². The van der Waals surface area contributed by atoms with Crippen LogP contribution in [-0.4, -0.2) is 25.7 Å². The highest BCUT2D eigenvalue weighted by molar-refractivity contribution is 5.91. The lowest BCUT2D eigenvalue weighted by Crippen LogP contribution is -2.16. The van der Waals surface area contributed by atoms with Gasteiger partial charge >= 0.3 is 0 Å². The van der Waals surface area contributed by atoms with Crippen molar-refractivity contribution in [2.24, 2.45) is 5.73 Å². The van der Waals surface area contributed by atoms with Crippen molar-refractivity contribution in [3.05, 3.63) is 18.2 Å². The predicted octanol–water partition coefficient (Wildman–Crippen LogP) is 2.55. The summed E-state index contributed by atoms with van der Waals surface area (Å²) in [5.41, 5.74) is 6.36. The van der Waals surface area contributed by atoms with Crippen molar-refractivity contribution >= 4 is 11.6 Å². The average Bonchev–Trinajstić information content (AvgIpc) is 2.40. The second-order valence-electron chi connectivity index (χ2n) is 4.72. The molecule has 1 unspecified atom stereocenters. The Labute approximate surface area is 120 Å². The number of benzene rings is 1. The summed E-state index contributed by atoms with van der Waals surface area (Å²) in [4.78, 5) is 11.8. The molecule has 5 nitrogen and oxygen atoms in total. The summed E-state index contributed by atoms with van der Waals surface area (Å²) in [6.07, 6.45) is 2.11. The van der Waals surface area contributed by atoms with Crippen molar-refractivity contribution in [3.8, 4) is 11.5 Å². The molecule has 0 saturated heterocycles. The molecule has 0 spiro atoms. The molecule has 1 amide bonds. The fraction of sp³-hybridized carbons (Fsp3) is 0.533. The number of amides is 1. The molecule has 1 aromatic carbocycles. The minimum absolute atomic E-state index is 0.0168. The standard InChI is InChI=1S/C15H24N2O3/c1-4-20-13-9-8-12(10-14(13)19-3)17-15(18)7-5-6-11(2)16/h8-11H,4-7,16H2,1-3H3,(H,17,18). The number of nitrogens with one attached hydrogen (secondary N) is 1. The SMILES string of the molecule is CCOc1ccc(NC(=O)CCCC(C)N)cc1OC. The third-order valence-electron chi connectivity index (χ3n) is 2.81. The zero-order chi connectivity index (χ0) is 15.0. The number of hydrogen-bond acceptors (Lipinski definition) is 4. The first kappa shape index (κ1) is 16.3. The van der Waals surface area contributed by atoms with Gasteiger partial charge in [-0.2, -0.15) is 0 Å². The fourth-order valence-corrected chi connectivity index (χ4v) is 1.83. The number of nitrogens with two attached hydrogens (primary N) is 1. The Morgan fingerprint density at radius 1 is 1.40 bits per heavy atom. The van der Waals surface area contributed by atoms with Crippen molar-refractivity contribution in [3.63, 3.8) is 0 Å². The largest absolute Gasteiger partial charge is 0.493 e. The quantitative estimate of drug-likeness (QED) is 0.767. The van der Waals surface area contributed by atoms with Gasteiger partial charge < -0.3 is 20.5 Å². The van der Waals surface area contributed by atoms with E-state index < -0.39 is 0 Å². The van der Waals surface area contributed by atoms with E-state index in [-0.39, 0.29) is 11.9 Å². The molecule has 3 N–H and O–H groups in total. The van der Waals surface area contributed by atoms with Crippen LogP contribution in [0.3, 0.4) is 0 Å². The Hall–Kier alpha value is -1.75. The topological polar surface area (TPSA) is 73.6 Å². The van der Waals surface area contributed by atoms with Gasteiger partial charge in [0.1, 0.15) is 0 Å². The average molecular weight is 280 g/mol. The monoisotopic (exact) mass is 280 g/mol. The van der Waals surface area contributed by atoms with Crippen molar-refractivity contribution in [2.75, 3.05) is 19.0 Å². The van der Waals surface area contributed by atoms with Crippen molar-refractivity contribution < 1.29 is 14.3 Å². The molecular formula is C15H24N2O3. The van der Waals surface area contributed by atoms with Gasteiger partial charge in [-0.05, 0) is 38.8 Å². The Morgan fingerprint density at radius 3 is 2.75 bits per heavy atom. The van der Waals surface area contributed by atoms with E-state index in [2.05, 4.69) is 5.32 Å². The summed E-state index contributed by atoms with van der Waals surface area (Å²) in [7, 11) is 1.58. The van der Waals surface area contributed by atoms with E-state index in [4.69, 9.17) is 15.2 Å². The van der Waals surface area contributed by atoms with Gasteiger partial charge in [0.05, 0.1) is 13.7 Å². The first-order valence-electron chi connectivity index (χ1n) is 6.93. The molecule has 0 aliphatic heterocycles. The molecule has 20 heavy (non-hydrogen) atoms. The van der Waals surface area contributed by atoms with Crippen LogP contribution in [0.5, 0.6) is 11.5 Å². The first-order chi connectivity index (χ1) is 9.56. The molecule has 0 saturated carbocycles. The molecule has 1 aromatic rings. The van der Waals surface area contributed by atoms with Gasteiger partial charge in [0.15, 0.2) is 11.5 Å². The Morgan fingerprint density at radius 2 is 2.15 bits per heavy atom. The van der Waals surface area contributed by atoms with Gasteiger partial charge in [0.25, 0.3) is 0 Å². The van der Waals surface area contributed by atoms with E-state index in [1.165, 1.54) is 0 Å². The third-order valence-corrected chi connectivity index (χ3v) is 2.81. The fourth-order valence-electron chi connectivity index (χ4n) is 1.83. The van der Waals surface area contributed by atoms with Gasteiger partial charge in [-0.3, -0.25) is 4.79 Å². The molecule has 0 aromatic heterocycles. The van der Waals surface area contributed by atoms with Crippen LogP contribution in [0.2, 0.25) is 0 Å². The van der Waals surface area contributed by atoms with Crippen LogP contribution in [0.1, 0.15) is 33.1 Å². The molecule has 1 rings (SSSR count). The van der Waals surface area contributed by atoms with Gasteiger partial charge in [0, 0.05) is 24.2 Å². The van der Waals surface area contributed by atoms with Crippen LogP contribution in [0.25, 0.3) is 0 Å². The molecule has 0 fully saturated rings. The first-order valence-corrected chi connectivity index (χ1v) is 6.93. The van der Waals surface area contributed by atoms with Crippen LogP contribution in [0.15, 0.2) is 18.2 Å². The van der Waals surface area contributed by atoms with Crippen molar-refractivity contribution in [1.82, 2.24) is 0 Å². The number of hydrogen-bond donors (Lipinski definition) is 2. The molecule has 1 atom stereocenters. The van der Waals surface area contributed by atoms with Gasteiger partial charge in [0.2, 0.25) is 5.91 Å². The third kappa shape index (κ3) is 5.48. The van der Waals surface area contributed by atoms with Crippen molar-refractivity contribution in [2.45, 2.75) is 39.2 Å². The Kier molecular flexibility index (Phi) is 6.87. The molecular weight excluding hydrogens is 256 g/mol. The maximum atomic E-state index is 11.8. The zero-order valence-corrected chi connectivity index (χ0v) is 12.4. The number of rotatable bonds is 8. The van der Waals surface area contributed by atoms with E-state index in [0.717, 1.165) is 12.8 Å². The van der Waals surface area contributed by atoms with E-state index in [1.54, 1.807) is 25.3 Å². The second-order valence-corrected chi connectivity index (χ2v) is 4.72. The number of carbonyl (C=O) groups excluding carboxylic acids is 1. The highest BCUT2D eigenvalue weighted by Gasteiger charge is 2.08. The lowest BCUT2D eigenvalue weighted by Gasteiger charge is -2.12. The molecule has 0 aliphatic rings. The summed E-state index contributed by atoms with van der Waals surface area (Å²) < 4.78 is 10.7. The van der Waals surface area contributed by atoms with Crippen LogP contribution in [-0.2, 0) is 4.79 Å². The molecule has 0 aliphatic carbocycles. The molecule has 5 heteroatoms. The number of methoxy groups -OCH3 is 1. The van der Waals surface area contributed by atoms with Crippen LogP contribution in [0.4, 0.5) is 5.69 Å². The lowest BCUT2D eigenvalue weighted by molar-refractivity contribution is -0.116. The summed E-state index contributed by atoms with van der Waals surface area (Å²) in [6, 6.07) is 5.49. The highest BCUT2D eigenvalue weighted by Crippen LogP contribution is 2.30. The van der Waals surface area contributed by atoms with E-state index >= 15 is 0 Å². The summed E-state index contributed by atoms with van der Waals surface area (Å²) in [5.74, 6) is 1.27. The smallest absolute Gasteiger partial charge is 0.224 e. The second kappa shape index (κ2) is 8.43. The normalized spacial score (nSPS) is 11.8. The van der Waals surface area contributed by atoms with Gasteiger partial charge in [-0.15, -0.1) is 0 Å². The van der Waals surface area contributed by atoms with Crippen LogP contribution >= 0.6 is 0 Å². The lowest BCUT2D eigenvalue weighted by atomic mass is 10.1. The highest BCUT2D eigenvalue weighted by atomic mass is 16.5. The molecule has 0 radical (unpaired) electrons. The number of ether oxygens (including phenoxy) is 2.